The third-order valence-electron chi connectivity index (χ3n) is 1.81. The van der Waals surface area contributed by atoms with Gasteiger partial charge in [-0.15, -0.1) is 0 Å². The normalized spacial score (nSPS) is 15.8. The molecule has 0 aromatic carbocycles. The predicted octanol–water partition coefficient (Wildman–Crippen LogP) is -0.0509. The van der Waals surface area contributed by atoms with Crippen LogP contribution in [-0.4, -0.2) is 29.1 Å². The number of carbonyl (C=O) groups excluding carboxylic acids is 1. The van der Waals surface area contributed by atoms with Crippen LogP contribution in [0.2, 0.25) is 0 Å². The summed E-state index contributed by atoms with van der Waals surface area (Å²) in [7, 11) is 0. The van der Waals surface area contributed by atoms with Gasteiger partial charge in [-0.05, 0) is 12.3 Å². The number of carboxylic acids is 1. The van der Waals surface area contributed by atoms with Crippen LogP contribution in [0.15, 0.2) is 0 Å². The second-order valence-corrected chi connectivity index (χ2v) is 4.43. The van der Waals surface area contributed by atoms with E-state index in [9.17, 15) is 9.59 Å². The van der Waals surface area contributed by atoms with E-state index < -0.39 is 29.4 Å². The number of nitrogens with one attached hydrogen (secondary N) is 1. The lowest BCUT2D eigenvalue weighted by Gasteiger charge is -2.28. The summed E-state index contributed by atoms with van der Waals surface area (Å²) in [4.78, 5) is 22.1. The first-order valence-corrected chi connectivity index (χ1v) is 4.45. The molecular weight excluding hydrogens is 184 g/mol. The summed E-state index contributed by atoms with van der Waals surface area (Å²) >= 11 is 0. The van der Waals surface area contributed by atoms with Gasteiger partial charge in [0.25, 0.3) is 0 Å². The van der Waals surface area contributed by atoms with E-state index in [0.29, 0.717) is 0 Å². The van der Waals surface area contributed by atoms with Crippen molar-refractivity contribution in [2.24, 2.45) is 11.1 Å². The van der Waals surface area contributed by atoms with Crippen molar-refractivity contribution in [1.82, 2.24) is 5.32 Å². The minimum atomic E-state index is -1.05. The minimum absolute atomic E-state index is 0.452. The zero-order chi connectivity index (χ0) is 11.5. The molecule has 1 amide bonds. The standard InChI is InChI=1S/C9H18N2O3/c1-5(10)7(12)11-6(8(13)14)9(2,3)4/h5-6H,10H2,1-4H3,(H,11,12)(H,13,14)/t5?,6-/m1/s1. The van der Waals surface area contributed by atoms with Crippen molar-refractivity contribution in [3.05, 3.63) is 0 Å². The van der Waals surface area contributed by atoms with E-state index in [1.54, 1.807) is 20.8 Å². The van der Waals surface area contributed by atoms with E-state index in [1.165, 1.54) is 6.92 Å². The molecule has 2 atom stereocenters. The number of carbonyl (C=O) groups is 2. The zero-order valence-electron chi connectivity index (χ0n) is 9.00. The number of hydrogen-bond acceptors (Lipinski definition) is 3. The van der Waals surface area contributed by atoms with Gasteiger partial charge in [0, 0.05) is 0 Å². The highest BCUT2D eigenvalue weighted by Crippen LogP contribution is 2.19. The van der Waals surface area contributed by atoms with Gasteiger partial charge in [0.2, 0.25) is 5.91 Å². The fourth-order valence-electron chi connectivity index (χ4n) is 0.922. The first kappa shape index (κ1) is 12.9. The summed E-state index contributed by atoms with van der Waals surface area (Å²) in [6.07, 6.45) is 0. The molecule has 0 saturated heterocycles. The minimum Gasteiger partial charge on any atom is -0.480 e. The average molecular weight is 202 g/mol. The van der Waals surface area contributed by atoms with E-state index in [4.69, 9.17) is 10.8 Å². The molecule has 82 valence electrons. The van der Waals surface area contributed by atoms with E-state index in [0.717, 1.165) is 0 Å². The Labute approximate surface area is 83.7 Å². The molecule has 0 aliphatic rings. The fraction of sp³-hybridized carbons (Fsp3) is 0.778. The van der Waals surface area contributed by atoms with Gasteiger partial charge in [0.05, 0.1) is 6.04 Å². The average Bonchev–Trinajstić information content (AvgIpc) is 1.96. The maximum atomic E-state index is 11.2. The molecule has 0 saturated carbocycles. The highest BCUT2D eigenvalue weighted by atomic mass is 16.4. The Morgan fingerprint density at radius 2 is 1.79 bits per heavy atom. The maximum Gasteiger partial charge on any atom is 0.326 e. The molecule has 14 heavy (non-hydrogen) atoms. The molecule has 5 nitrogen and oxygen atoms in total. The van der Waals surface area contributed by atoms with Crippen LogP contribution in [0.4, 0.5) is 0 Å². The van der Waals surface area contributed by atoms with Crippen LogP contribution in [0.5, 0.6) is 0 Å². The molecule has 0 aromatic rings. The maximum absolute atomic E-state index is 11.2. The lowest BCUT2D eigenvalue weighted by Crippen LogP contribution is -2.52. The second-order valence-electron chi connectivity index (χ2n) is 4.43. The Balaban J connectivity index is 4.56. The number of amides is 1. The van der Waals surface area contributed by atoms with Crippen LogP contribution in [0, 0.1) is 5.41 Å². The fourth-order valence-corrected chi connectivity index (χ4v) is 0.922. The molecule has 0 radical (unpaired) electrons. The van der Waals surface area contributed by atoms with E-state index in [2.05, 4.69) is 5.32 Å². The number of hydrogen-bond donors (Lipinski definition) is 3. The molecule has 5 heteroatoms. The first-order valence-electron chi connectivity index (χ1n) is 4.45. The molecule has 0 fully saturated rings. The third-order valence-corrected chi connectivity index (χ3v) is 1.81. The van der Waals surface area contributed by atoms with Gasteiger partial charge < -0.3 is 16.2 Å². The highest BCUT2D eigenvalue weighted by Gasteiger charge is 2.32. The van der Waals surface area contributed by atoms with Gasteiger partial charge in [0.1, 0.15) is 6.04 Å². The molecule has 0 aliphatic carbocycles. The summed E-state index contributed by atoms with van der Waals surface area (Å²) in [6.45, 7) is 6.74. The second kappa shape index (κ2) is 4.41. The van der Waals surface area contributed by atoms with E-state index in [-0.39, 0.29) is 0 Å². The topological polar surface area (TPSA) is 92.4 Å². The van der Waals surface area contributed by atoms with Crippen LogP contribution >= 0.6 is 0 Å². The Morgan fingerprint density at radius 3 is 2.00 bits per heavy atom. The van der Waals surface area contributed by atoms with Crippen LogP contribution < -0.4 is 11.1 Å². The summed E-state index contributed by atoms with van der Waals surface area (Å²) in [5, 5.41) is 11.3. The van der Waals surface area contributed by atoms with Gasteiger partial charge in [0.15, 0.2) is 0 Å². The number of rotatable bonds is 3. The number of nitrogens with two attached hydrogens (primary N) is 1. The van der Waals surface area contributed by atoms with Crippen molar-refractivity contribution in [2.75, 3.05) is 0 Å². The van der Waals surface area contributed by atoms with Crippen molar-refractivity contribution in [3.63, 3.8) is 0 Å². The first-order chi connectivity index (χ1) is 6.16. The lowest BCUT2D eigenvalue weighted by atomic mass is 9.86. The monoisotopic (exact) mass is 202 g/mol. The van der Waals surface area contributed by atoms with Gasteiger partial charge in [-0.25, -0.2) is 4.79 Å². The largest absolute Gasteiger partial charge is 0.480 e. The van der Waals surface area contributed by atoms with Crippen LogP contribution in [0.1, 0.15) is 27.7 Å². The van der Waals surface area contributed by atoms with Crippen molar-refractivity contribution in [1.29, 1.82) is 0 Å². The summed E-state index contributed by atoms with van der Waals surface area (Å²) in [5.74, 6) is -1.50. The number of carboxylic acid groups (broad SMARTS) is 1. The van der Waals surface area contributed by atoms with Crippen molar-refractivity contribution in [2.45, 2.75) is 39.8 Å². The summed E-state index contributed by atoms with van der Waals surface area (Å²) in [5.41, 5.74) is 4.79. The summed E-state index contributed by atoms with van der Waals surface area (Å²) in [6, 6.07) is -1.61. The molecular formula is C9H18N2O3. The van der Waals surface area contributed by atoms with Gasteiger partial charge >= 0.3 is 5.97 Å². The molecule has 0 bridgehead atoms. The Morgan fingerprint density at radius 1 is 1.36 bits per heavy atom. The van der Waals surface area contributed by atoms with Gasteiger partial charge in [-0.1, -0.05) is 20.8 Å². The third kappa shape index (κ3) is 3.74. The van der Waals surface area contributed by atoms with Crippen LogP contribution in [0.25, 0.3) is 0 Å². The SMILES string of the molecule is CC(N)C(=O)N[C@H](C(=O)O)C(C)(C)C. The van der Waals surface area contributed by atoms with E-state index >= 15 is 0 Å². The molecule has 4 N–H and O–H groups in total. The quantitative estimate of drug-likeness (QED) is 0.598. The van der Waals surface area contributed by atoms with Gasteiger partial charge in [-0.3, -0.25) is 4.79 Å². The zero-order valence-corrected chi connectivity index (χ0v) is 9.00. The Kier molecular flexibility index (Phi) is 4.07. The van der Waals surface area contributed by atoms with Crippen molar-refractivity contribution >= 4 is 11.9 Å². The number of aliphatic carboxylic acids is 1. The molecule has 0 spiro atoms. The molecule has 0 aliphatic heterocycles. The Bertz CT molecular complexity index is 231. The van der Waals surface area contributed by atoms with Crippen molar-refractivity contribution < 1.29 is 14.7 Å². The molecule has 0 aromatic heterocycles. The molecule has 0 heterocycles. The van der Waals surface area contributed by atoms with Gasteiger partial charge in [-0.2, -0.15) is 0 Å². The predicted molar refractivity (Wildman–Crippen MR) is 52.7 cm³/mol. The summed E-state index contributed by atoms with van der Waals surface area (Å²) < 4.78 is 0. The van der Waals surface area contributed by atoms with E-state index in [1.807, 2.05) is 0 Å². The van der Waals surface area contributed by atoms with Crippen molar-refractivity contribution in [3.8, 4) is 0 Å². The van der Waals surface area contributed by atoms with Crippen LogP contribution in [0.3, 0.4) is 0 Å². The van der Waals surface area contributed by atoms with Crippen LogP contribution in [-0.2, 0) is 9.59 Å². The highest BCUT2D eigenvalue weighted by molar-refractivity contribution is 5.86. The molecule has 0 rings (SSSR count). The smallest absolute Gasteiger partial charge is 0.326 e. The molecule has 1 unspecified atom stereocenters. The Hall–Kier alpha value is -1.10. The lowest BCUT2D eigenvalue weighted by molar-refractivity contribution is -0.145.